The summed E-state index contributed by atoms with van der Waals surface area (Å²) in [4.78, 5) is 14.7. The van der Waals surface area contributed by atoms with Crippen LogP contribution in [-0.2, 0) is 16.6 Å². The van der Waals surface area contributed by atoms with E-state index in [1.54, 1.807) is 47.4 Å². The molecule has 0 atom stereocenters. The predicted octanol–water partition coefficient (Wildman–Crippen LogP) is 5.09. The van der Waals surface area contributed by atoms with Crippen molar-refractivity contribution >= 4 is 33.2 Å². The number of amides is 1. The lowest BCUT2D eigenvalue weighted by Crippen LogP contribution is -2.33. The minimum absolute atomic E-state index is 0.00901. The SMILES string of the molecule is COc1ccc(NS(=O)(=O)c2cc(C(=O)N(Cc3ccccc3F)C3CC3)ccc2Cl)cc1. The molecule has 1 aliphatic carbocycles. The molecule has 3 aromatic carbocycles. The number of halogens is 2. The molecule has 9 heteroatoms. The topological polar surface area (TPSA) is 75.7 Å². The highest BCUT2D eigenvalue weighted by Gasteiger charge is 2.34. The predicted molar refractivity (Wildman–Crippen MR) is 125 cm³/mol. The fourth-order valence-corrected chi connectivity index (χ4v) is 5.03. The van der Waals surface area contributed by atoms with Crippen LogP contribution < -0.4 is 9.46 Å². The van der Waals surface area contributed by atoms with Gasteiger partial charge in [-0.05, 0) is 61.4 Å². The van der Waals surface area contributed by atoms with Crippen molar-refractivity contribution < 1.29 is 22.3 Å². The van der Waals surface area contributed by atoms with Crippen molar-refractivity contribution in [2.24, 2.45) is 0 Å². The van der Waals surface area contributed by atoms with E-state index in [2.05, 4.69) is 4.72 Å². The molecule has 1 amide bonds. The number of benzene rings is 3. The van der Waals surface area contributed by atoms with Gasteiger partial charge in [0.15, 0.2) is 0 Å². The maximum absolute atomic E-state index is 14.2. The van der Waals surface area contributed by atoms with E-state index in [0.717, 1.165) is 12.8 Å². The smallest absolute Gasteiger partial charge is 0.263 e. The van der Waals surface area contributed by atoms with Crippen molar-refractivity contribution in [1.82, 2.24) is 4.90 Å². The summed E-state index contributed by atoms with van der Waals surface area (Å²) in [6.45, 7) is 0.102. The van der Waals surface area contributed by atoms with Gasteiger partial charge in [0.2, 0.25) is 0 Å². The van der Waals surface area contributed by atoms with Crippen LogP contribution >= 0.6 is 11.6 Å². The lowest BCUT2D eigenvalue weighted by atomic mass is 10.1. The number of hydrogen-bond donors (Lipinski definition) is 1. The summed E-state index contributed by atoms with van der Waals surface area (Å²) in [7, 11) is -2.56. The second-order valence-corrected chi connectivity index (χ2v) is 9.79. The molecule has 1 fully saturated rings. The second-order valence-electron chi connectivity index (χ2n) is 7.73. The van der Waals surface area contributed by atoms with Gasteiger partial charge in [-0.2, -0.15) is 0 Å². The van der Waals surface area contributed by atoms with Crippen LogP contribution in [0, 0.1) is 5.82 Å². The molecule has 0 saturated heterocycles. The third kappa shape index (κ3) is 5.29. The highest BCUT2D eigenvalue weighted by atomic mass is 35.5. The van der Waals surface area contributed by atoms with Crippen molar-refractivity contribution in [3.63, 3.8) is 0 Å². The summed E-state index contributed by atoms with van der Waals surface area (Å²) in [6, 6.07) is 16.8. The summed E-state index contributed by atoms with van der Waals surface area (Å²) in [6.07, 6.45) is 1.63. The molecule has 6 nitrogen and oxygen atoms in total. The van der Waals surface area contributed by atoms with E-state index in [0.29, 0.717) is 17.0 Å². The minimum Gasteiger partial charge on any atom is -0.497 e. The maximum Gasteiger partial charge on any atom is 0.263 e. The van der Waals surface area contributed by atoms with Crippen molar-refractivity contribution in [2.45, 2.75) is 30.3 Å². The van der Waals surface area contributed by atoms with Gasteiger partial charge < -0.3 is 9.64 Å². The van der Waals surface area contributed by atoms with Gasteiger partial charge in [-0.3, -0.25) is 9.52 Å². The molecule has 3 aromatic rings. The zero-order valence-electron chi connectivity index (χ0n) is 17.8. The number of carbonyl (C=O) groups excluding carboxylic acids is 1. The molecule has 0 radical (unpaired) electrons. The highest BCUT2D eigenvalue weighted by molar-refractivity contribution is 7.92. The number of rotatable bonds is 8. The van der Waals surface area contributed by atoms with E-state index in [1.807, 2.05) is 0 Å². The Morgan fingerprint density at radius 2 is 1.82 bits per heavy atom. The van der Waals surface area contributed by atoms with Gasteiger partial charge in [0.1, 0.15) is 16.5 Å². The van der Waals surface area contributed by atoms with Crippen LogP contribution in [0.1, 0.15) is 28.8 Å². The number of hydrogen-bond acceptors (Lipinski definition) is 4. The average molecular weight is 489 g/mol. The fourth-order valence-electron chi connectivity index (χ4n) is 3.44. The zero-order valence-corrected chi connectivity index (χ0v) is 19.4. The van der Waals surface area contributed by atoms with Crippen LogP contribution in [0.25, 0.3) is 0 Å². The molecule has 0 heterocycles. The van der Waals surface area contributed by atoms with Crippen LogP contribution in [0.15, 0.2) is 71.6 Å². The number of nitrogens with zero attached hydrogens (tertiary/aromatic N) is 1. The van der Waals surface area contributed by atoms with Crippen LogP contribution in [0.4, 0.5) is 10.1 Å². The van der Waals surface area contributed by atoms with Crippen LogP contribution in [0.2, 0.25) is 5.02 Å². The molecule has 4 rings (SSSR count). The van der Waals surface area contributed by atoms with Gasteiger partial charge in [0, 0.05) is 29.4 Å². The fraction of sp³-hybridized carbons (Fsp3) is 0.208. The molecule has 1 aliphatic rings. The van der Waals surface area contributed by atoms with Crippen LogP contribution in [0.5, 0.6) is 5.75 Å². The van der Waals surface area contributed by atoms with Crippen LogP contribution in [-0.4, -0.2) is 32.4 Å². The van der Waals surface area contributed by atoms with E-state index in [1.165, 1.54) is 31.4 Å². The lowest BCUT2D eigenvalue weighted by Gasteiger charge is -2.23. The standard InChI is InChI=1S/C24H22ClFN2O4S/c1-32-20-11-7-18(8-12-20)27-33(30,31)23-14-16(6-13-21(23)25)24(29)28(19-9-10-19)15-17-4-2-3-5-22(17)26/h2-8,11-14,19,27H,9-10,15H2,1H3. The third-order valence-corrected chi connectivity index (χ3v) is 7.22. The first-order valence-electron chi connectivity index (χ1n) is 10.3. The molecule has 0 spiro atoms. The zero-order chi connectivity index (χ0) is 23.6. The first-order valence-corrected chi connectivity index (χ1v) is 12.2. The van der Waals surface area contributed by atoms with Crippen molar-refractivity contribution in [1.29, 1.82) is 0 Å². The second kappa shape index (κ2) is 9.41. The van der Waals surface area contributed by atoms with E-state index < -0.39 is 10.0 Å². The Morgan fingerprint density at radius 3 is 2.45 bits per heavy atom. The molecule has 0 unspecified atom stereocenters. The Balaban J connectivity index is 1.61. The van der Waals surface area contributed by atoms with Crippen molar-refractivity contribution in [3.8, 4) is 5.75 Å². The van der Waals surface area contributed by atoms with Crippen molar-refractivity contribution in [2.75, 3.05) is 11.8 Å². The minimum atomic E-state index is -4.07. The van der Waals surface area contributed by atoms with Gasteiger partial charge in [-0.1, -0.05) is 29.8 Å². The summed E-state index contributed by atoms with van der Waals surface area (Å²) in [5.74, 6) is -0.184. The number of ether oxygens (including phenoxy) is 1. The van der Waals surface area contributed by atoms with E-state index >= 15 is 0 Å². The Bertz CT molecular complexity index is 1280. The number of anilines is 1. The summed E-state index contributed by atoms with van der Waals surface area (Å²) >= 11 is 6.19. The first-order chi connectivity index (χ1) is 15.8. The molecular weight excluding hydrogens is 467 g/mol. The summed E-state index contributed by atoms with van der Waals surface area (Å²) < 4.78 is 47.7. The maximum atomic E-state index is 14.2. The Kier molecular flexibility index (Phi) is 6.58. The largest absolute Gasteiger partial charge is 0.497 e. The first kappa shape index (κ1) is 23.1. The van der Waals surface area contributed by atoms with Gasteiger partial charge in [-0.25, -0.2) is 12.8 Å². The van der Waals surface area contributed by atoms with Gasteiger partial charge >= 0.3 is 0 Å². The Morgan fingerprint density at radius 1 is 1.12 bits per heavy atom. The quantitative estimate of drug-likeness (QED) is 0.479. The molecule has 33 heavy (non-hydrogen) atoms. The molecular formula is C24H22ClFN2O4S. The average Bonchev–Trinajstić information content (AvgIpc) is 3.64. The van der Waals surface area contributed by atoms with E-state index in [-0.39, 0.29) is 39.8 Å². The van der Waals surface area contributed by atoms with E-state index in [4.69, 9.17) is 16.3 Å². The lowest BCUT2D eigenvalue weighted by molar-refractivity contribution is 0.0728. The Hall–Kier alpha value is -3.10. The molecule has 0 bridgehead atoms. The normalized spacial score (nSPS) is 13.4. The number of sulfonamides is 1. The number of methoxy groups -OCH3 is 1. The number of nitrogens with one attached hydrogen (secondary N) is 1. The van der Waals surface area contributed by atoms with Crippen LogP contribution in [0.3, 0.4) is 0 Å². The van der Waals surface area contributed by atoms with Gasteiger partial charge in [-0.15, -0.1) is 0 Å². The van der Waals surface area contributed by atoms with Gasteiger partial charge in [0.25, 0.3) is 15.9 Å². The Labute approximate surface area is 197 Å². The molecule has 0 aliphatic heterocycles. The molecule has 172 valence electrons. The van der Waals surface area contributed by atoms with E-state index in [9.17, 15) is 17.6 Å². The van der Waals surface area contributed by atoms with Crippen molar-refractivity contribution in [3.05, 3.63) is 88.7 Å². The molecule has 0 aromatic heterocycles. The number of carbonyl (C=O) groups is 1. The van der Waals surface area contributed by atoms with Gasteiger partial charge in [0.05, 0.1) is 12.1 Å². The third-order valence-electron chi connectivity index (χ3n) is 5.36. The summed E-state index contributed by atoms with van der Waals surface area (Å²) in [5.41, 5.74) is 0.890. The molecule has 1 saturated carbocycles. The molecule has 1 N–H and O–H groups in total. The summed E-state index contributed by atoms with van der Waals surface area (Å²) in [5, 5.41) is -0.0142. The monoisotopic (exact) mass is 488 g/mol. The highest BCUT2D eigenvalue weighted by Crippen LogP contribution is 2.32.